The van der Waals surface area contributed by atoms with Gasteiger partial charge in [0, 0.05) is 6.54 Å². The van der Waals surface area contributed by atoms with Gasteiger partial charge < -0.3 is 19.9 Å². The van der Waals surface area contributed by atoms with E-state index in [2.05, 4.69) is 5.32 Å². The Hall–Kier alpha value is -2.86. The van der Waals surface area contributed by atoms with Gasteiger partial charge in [-0.15, -0.1) is 0 Å². The number of hydrogen-bond donors (Lipinski definition) is 2. The molecule has 0 aliphatic rings. The second-order valence-corrected chi connectivity index (χ2v) is 5.37. The van der Waals surface area contributed by atoms with E-state index in [1.165, 1.54) is 12.1 Å². The van der Waals surface area contributed by atoms with Crippen LogP contribution < -0.4 is 10.1 Å². The summed E-state index contributed by atoms with van der Waals surface area (Å²) in [6.07, 6.45) is 0.636. The van der Waals surface area contributed by atoms with Crippen molar-refractivity contribution in [2.75, 3.05) is 20.3 Å². The van der Waals surface area contributed by atoms with E-state index >= 15 is 0 Å². The van der Waals surface area contributed by atoms with Crippen molar-refractivity contribution in [3.63, 3.8) is 0 Å². The molecule has 0 fully saturated rings. The average Bonchev–Trinajstić information content (AvgIpc) is 2.64. The summed E-state index contributed by atoms with van der Waals surface area (Å²) in [5.74, 6) is -0.945. The molecule has 0 radical (unpaired) electrons. The first-order chi connectivity index (χ1) is 12.1. The lowest BCUT2D eigenvalue weighted by atomic mass is 10.1. The van der Waals surface area contributed by atoms with Crippen LogP contribution >= 0.6 is 0 Å². The molecule has 0 saturated heterocycles. The van der Waals surface area contributed by atoms with E-state index in [-0.39, 0.29) is 17.7 Å². The highest BCUT2D eigenvalue weighted by molar-refractivity contribution is 6.02. The molecule has 0 aliphatic heterocycles. The Morgan fingerprint density at radius 3 is 2.36 bits per heavy atom. The number of rotatable bonds is 9. The van der Waals surface area contributed by atoms with Crippen LogP contribution in [0.4, 0.5) is 0 Å². The zero-order valence-electron chi connectivity index (χ0n) is 14.0. The zero-order valence-corrected chi connectivity index (χ0v) is 14.0. The van der Waals surface area contributed by atoms with Crippen LogP contribution in [0, 0.1) is 0 Å². The first kappa shape index (κ1) is 18.5. The van der Waals surface area contributed by atoms with Gasteiger partial charge in [0.2, 0.25) is 0 Å². The van der Waals surface area contributed by atoms with Crippen LogP contribution in [0.5, 0.6) is 5.75 Å². The Labute approximate surface area is 146 Å². The third-order valence-corrected chi connectivity index (χ3v) is 3.60. The Morgan fingerprint density at radius 2 is 1.72 bits per heavy atom. The predicted molar refractivity (Wildman–Crippen MR) is 93.0 cm³/mol. The summed E-state index contributed by atoms with van der Waals surface area (Å²) in [6, 6.07) is 13.8. The fraction of sp³-hybridized carbons (Fsp3) is 0.263. The van der Waals surface area contributed by atoms with Gasteiger partial charge in [0.15, 0.2) is 0 Å². The molecule has 132 valence electrons. The van der Waals surface area contributed by atoms with Gasteiger partial charge in [-0.1, -0.05) is 24.3 Å². The van der Waals surface area contributed by atoms with Gasteiger partial charge in [-0.3, -0.25) is 0 Å². The van der Waals surface area contributed by atoms with Gasteiger partial charge in [-0.25, -0.2) is 9.59 Å². The van der Waals surface area contributed by atoms with Crippen LogP contribution in [-0.2, 0) is 11.3 Å². The van der Waals surface area contributed by atoms with Crippen LogP contribution in [0.1, 0.15) is 32.7 Å². The van der Waals surface area contributed by atoms with Gasteiger partial charge in [-0.05, 0) is 42.8 Å². The number of carbonyl (C=O) groups is 2. The summed E-state index contributed by atoms with van der Waals surface area (Å²) < 4.78 is 10.2. The molecule has 0 aliphatic carbocycles. The Kier molecular flexibility index (Phi) is 6.98. The molecule has 6 heteroatoms. The lowest BCUT2D eigenvalue weighted by Gasteiger charge is -2.08. The quantitative estimate of drug-likeness (QED) is 0.538. The minimum absolute atomic E-state index is 0.0508. The van der Waals surface area contributed by atoms with Gasteiger partial charge in [0.25, 0.3) is 0 Å². The predicted octanol–water partition coefficient (Wildman–Crippen LogP) is 2.73. The number of benzene rings is 2. The summed E-state index contributed by atoms with van der Waals surface area (Å²) in [7, 11) is 1.63. The van der Waals surface area contributed by atoms with Crippen LogP contribution in [0.25, 0.3) is 0 Å². The summed E-state index contributed by atoms with van der Waals surface area (Å²) in [5, 5.41) is 12.3. The van der Waals surface area contributed by atoms with E-state index in [9.17, 15) is 9.59 Å². The first-order valence-electron chi connectivity index (χ1n) is 7.95. The summed E-state index contributed by atoms with van der Waals surface area (Å²) in [5.41, 5.74) is 1.15. The lowest BCUT2D eigenvalue weighted by molar-refractivity contribution is 0.0490. The molecule has 6 nitrogen and oxygen atoms in total. The molecule has 2 aromatic carbocycles. The molecule has 0 amide bonds. The lowest BCUT2D eigenvalue weighted by Crippen LogP contribution is -2.18. The maximum Gasteiger partial charge on any atom is 0.339 e. The molecule has 2 rings (SSSR count). The van der Waals surface area contributed by atoms with Crippen molar-refractivity contribution in [2.45, 2.75) is 13.0 Å². The fourth-order valence-electron chi connectivity index (χ4n) is 2.26. The molecule has 0 unspecified atom stereocenters. The monoisotopic (exact) mass is 343 g/mol. The number of methoxy groups -OCH3 is 1. The number of hydrogen-bond acceptors (Lipinski definition) is 5. The number of nitrogens with one attached hydrogen (secondary N) is 1. The highest BCUT2D eigenvalue weighted by atomic mass is 16.5. The third kappa shape index (κ3) is 5.61. The number of carboxylic acids is 1. The highest BCUT2D eigenvalue weighted by Crippen LogP contribution is 2.11. The summed E-state index contributed by atoms with van der Waals surface area (Å²) in [6.45, 7) is 1.61. The Morgan fingerprint density at radius 1 is 1.04 bits per heavy atom. The minimum atomic E-state index is -1.14. The molecule has 0 atom stereocenters. The number of ether oxygens (including phenoxy) is 2. The molecule has 0 heterocycles. The van der Waals surface area contributed by atoms with E-state index in [4.69, 9.17) is 14.6 Å². The van der Waals surface area contributed by atoms with Crippen LogP contribution in [-0.4, -0.2) is 37.3 Å². The van der Waals surface area contributed by atoms with Crippen LogP contribution in [0.15, 0.2) is 48.5 Å². The Bertz CT molecular complexity index is 712. The number of carbonyl (C=O) groups excluding carboxylic acids is 1. The minimum Gasteiger partial charge on any atom is -0.497 e. The van der Waals surface area contributed by atoms with Crippen molar-refractivity contribution in [1.82, 2.24) is 5.32 Å². The molecular weight excluding hydrogens is 322 g/mol. The molecule has 0 saturated carbocycles. The molecule has 25 heavy (non-hydrogen) atoms. The van der Waals surface area contributed by atoms with Crippen molar-refractivity contribution >= 4 is 11.9 Å². The van der Waals surface area contributed by atoms with Gasteiger partial charge >= 0.3 is 11.9 Å². The highest BCUT2D eigenvalue weighted by Gasteiger charge is 2.16. The first-order valence-corrected chi connectivity index (χ1v) is 7.95. The Balaban J connectivity index is 1.69. The number of carboxylic acid groups (broad SMARTS) is 1. The maximum atomic E-state index is 12.0. The summed E-state index contributed by atoms with van der Waals surface area (Å²) in [4.78, 5) is 23.1. The molecule has 2 aromatic rings. The summed E-state index contributed by atoms with van der Waals surface area (Å²) >= 11 is 0. The van der Waals surface area contributed by atoms with Crippen LogP contribution in [0.2, 0.25) is 0 Å². The topological polar surface area (TPSA) is 84.9 Å². The van der Waals surface area contributed by atoms with Crippen LogP contribution in [0.3, 0.4) is 0 Å². The van der Waals surface area contributed by atoms with Gasteiger partial charge in [0.1, 0.15) is 5.75 Å². The molecule has 0 spiro atoms. The number of aromatic carboxylic acids is 1. The molecule has 0 aromatic heterocycles. The largest absolute Gasteiger partial charge is 0.497 e. The maximum absolute atomic E-state index is 12.0. The van der Waals surface area contributed by atoms with E-state index in [0.717, 1.165) is 11.3 Å². The van der Waals surface area contributed by atoms with E-state index < -0.39 is 11.9 Å². The SMILES string of the molecule is COc1ccc(CNCCCOC(=O)c2ccccc2C(=O)O)cc1. The normalized spacial score (nSPS) is 10.3. The third-order valence-electron chi connectivity index (χ3n) is 3.60. The van der Waals surface area contributed by atoms with Gasteiger partial charge in [0.05, 0.1) is 24.8 Å². The van der Waals surface area contributed by atoms with Crippen molar-refractivity contribution in [1.29, 1.82) is 0 Å². The standard InChI is InChI=1S/C19H21NO5/c1-24-15-9-7-14(8-10-15)13-20-11-4-12-25-19(23)17-6-3-2-5-16(17)18(21)22/h2-3,5-10,20H,4,11-13H2,1H3,(H,21,22). The van der Waals surface area contributed by atoms with E-state index in [0.29, 0.717) is 19.5 Å². The van der Waals surface area contributed by atoms with Gasteiger partial charge in [-0.2, -0.15) is 0 Å². The van der Waals surface area contributed by atoms with E-state index in [1.807, 2.05) is 24.3 Å². The fourth-order valence-corrected chi connectivity index (χ4v) is 2.26. The molecule has 2 N–H and O–H groups in total. The van der Waals surface area contributed by atoms with E-state index in [1.54, 1.807) is 19.2 Å². The molecule has 0 bridgehead atoms. The van der Waals surface area contributed by atoms with Crippen molar-refractivity contribution in [3.8, 4) is 5.75 Å². The van der Waals surface area contributed by atoms with Crippen molar-refractivity contribution in [3.05, 3.63) is 65.2 Å². The second-order valence-electron chi connectivity index (χ2n) is 5.37. The zero-order chi connectivity index (χ0) is 18.1. The van der Waals surface area contributed by atoms with Crippen molar-refractivity contribution in [2.24, 2.45) is 0 Å². The average molecular weight is 343 g/mol. The smallest absolute Gasteiger partial charge is 0.339 e. The second kappa shape index (κ2) is 9.44. The molecular formula is C19H21NO5. The number of esters is 1. The van der Waals surface area contributed by atoms with Crippen molar-refractivity contribution < 1.29 is 24.2 Å².